The van der Waals surface area contributed by atoms with E-state index in [1.807, 2.05) is 70.8 Å². The number of benzene rings is 1. The van der Waals surface area contributed by atoms with Crippen LogP contribution in [0.1, 0.15) is 41.5 Å². The summed E-state index contributed by atoms with van der Waals surface area (Å²) in [5.74, 6) is 1.09. The van der Waals surface area contributed by atoms with Crippen LogP contribution >= 0.6 is 11.8 Å². The lowest BCUT2D eigenvalue weighted by molar-refractivity contribution is 1.37. The molecule has 0 aliphatic heterocycles. The van der Waals surface area contributed by atoms with Gasteiger partial charge in [-0.1, -0.05) is 46.8 Å². The van der Waals surface area contributed by atoms with Crippen LogP contribution in [0.2, 0.25) is 0 Å². The van der Waals surface area contributed by atoms with E-state index >= 15 is 0 Å². The minimum atomic E-state index is 1.08. The first-order valence-corrected chi connectivity index (χ1v) is 7.07. The first kappa shape index (κ1) is 17.6. The minimum absolute atomic E-state index is 1.08. The van der Waals surface area contributed by atoms with Crippen molar-refractivity contribution < 1.29 is 0 Å². The predicted molar refractivity (Wildman–Crippen MR) is 79.4 cm³/mol. The quantitative estimate of drug-likeness (QED) is 0.496. The molecule has 0 amide bonds. The van der Waals surface area contributed by atoms with Gasteiger partial charge in [0.2, 0.25) is 0 Å². The van der Waals surface area contributed by atoms with Crippen LogP contribution in [0.25, 0.3) is 0 Å². The molecule has 0 saturated carbocycles. The molecule has 0 aliphatic rings. The molecule has 0 unspecified atom stereocenters. The summed E-state index contributed by atoms with van der Waals surface area (Å²) in [6.07, 6.45) is 1.83. The normalized spacial score (nSPS) is 8.88. The first-order valence-electron chi connectivity index (χ1n) is 6.09. The number of hydrogen-bond acceptors (Lipinski definition) is 2. The molecule has 1 aromatic carbocycles. The predicted octanol–water partition coefficient (Wildman–Crippen LogP) is 5.57. The molecule has 1 aromatic rings. The first-order chi connectivity index (χ1) is 7.88. The average molecular weight is 239 g/mol. The number of rotatable bonds is 3. The highest BCUT2D eigenvalue weighted by Crippen LogP contribution is 2.28. The molecule has 0 heterocycles. The Morgan fingerprint density at radius 1 is 1.12 bits per heavy atom. The third-order valence-corrected chi connectivity index (χ3v) is 2.38. The van der Waals surface area contributed by atoms with Gasteiger partial charge in [-0.3, -0.25) is 4.99 Å². The Morgan fingerprint density at radius 3 is 2.19 bits per heavy atom. The summed E-state index contributed by atoms with van der Waals surface area (Å²) < 4.78 is 0. The van der Waals surface area contributed by atoms with Gasteiger partial charge in [0, 0.05) is 11.1 Å². The SMILES string of the molecule is CC.CC.CC=Nc1ccccc1SCC. The summed E-state index contributed by atoms with van der Waals surface area (Å²) >= 11 is 1.83. The number of aliphatic imine (C=N–C) groups is 1. The van der Waals surface area contributed by atoms with Gasteiger partial charge in [-0.25, -0.2) is 0 Å². The second-order valence-corrected chi connectivity index (χ2v) is 3.59. The van der Waals surface area contributed by atoms with Gasteiger partial charge in [0.1, 0.15) is 0 Å². The van der Waals surface area contributed by atoms with E-state index in [0.717, 1.165) is 11.4 Å². The molecule has 0 N–H and O–H groups in total. The number of thioether (sulfide) groups is 1. The van der Waals surface area contributed by atoms with Gasteiger partial charge in [0.25, 0.3) is 0 Å². The maximum absolute atomic E-state index is 4.28. The molecule has 0 radical (unpaired) electrons. The van der Waals surface area contributed by atoms with Crippen molar-refractivity contribution in [3.8, 4) is 0 Å². The van der Waals surface area contributed by atoms with E-state index in [-0.39, 0.29) is 0 Å². The Balaban J connectivity index is 0. The Labute approximate surface area is 105 Å². The van der Waals surface area contributed by atoms with E-state index in [0.29, 0.717) is 0 Å². The van der Waals surface area contributed by atoms with Crippen molar-refractivity contribution >= 4 is 23.7 Å². The number of hydrogen-bond donors (Lipinski definition) is 0. The van der Waals surface area contributed by atoms with E-state index in [4.69, 9.17) is 0 Å². The van der Waals surface area contributed by atoms with Crippen molar-refractivity contribution in [1.82, 2.24) is 0 Å². The minimum Gasteiger partial charge on any atom is -0.260 e. The lowest BCUT2D eigenvalue weighted by atomic mass is 10.3. The molecule has 16 heavy (non-hydrogen) atoms. The maximum atomic E-state index is 4.28. The number of nitrogens with zero attached hydrogens (tertiary/aromatic N) is 1. The zero-order valence-electron chi connectivity index (χ0n) is 11.4. The van der Waals surface area contributed by atoms with Crippen LogP contribution < -0.4 is 0 Å². The van der Waals surface area contributed by atoms with Crippen molar-refractivity contribution in [1.29, 1.82) is 0 Å². The van der Waals surface area contributed by atoms with E-state index in [9.17, 15) is 0 Å². The summed E-state index contributed by atoms with van der Waals surface area (Å²) in [6, 6.07) is 8.21. The summed E-state index contributed by atoms with van der Waals surface area (Å²) in [6.45, 7) is 12.1. The van der Waals surface area contributed by atoms with Gasteiger partial charge in [-0.05, 0) is 24.8 Å². The van der Waals surface area contributed by atoms with Crippen LogP contribution in [-0.4, -0.2) is 12.0 Å². The molecule has 0 aromatic heterocycles. The summed E-state index contributed by atoms with van der Waals surface area (Å²) in [4.78, 5) is 5.54. The smallest absolute Gasteiger partial charge is 0.0761 e. The van der Waals surface area contributed by atoms with E-state index in [2.05, 4.69) is 18.0 Å². The van der Waals surface area contributed by atoms with Crippen LogP contribution in [0.4, 0.5) is 5.69 Å². The van der Waals surface area contributed by atoms with Crippen LogP contribution in [0.5, 0.6) is 0 Å². The van der Waals surface area contributed by atoms with Gasteiger partial charge in [-0.2, -0.15) is 0 Å². The molecule has 0 spiro atoms. The third kappa shape index (κ3) is 7.52. The molecule has 0 fully saturated rings. The number of para-hydroxylation sites is 1. The zero-order valence-corrected chi connectivity index (χ0v) is 12.3. The van der Waals surface area contributed by atoms with E-state index in [1.54, 1.807) is 0 Å². The third-order valence-electron chi connectivity index (χ3n) is 1.43. The van der Waals surface area contributed by atoms with Gasteiger partial charge in [-0.15, -0.1) is 11.8 Å². The molecule has 0 aliphatic carbocycles. The van der Waals surface area contributed by atoms with Gasteiger partial charge >= 0.3 is 0 Å². The summed E-state index contributed by atoms with van der Waals surface area (Å²) in [7, 11) is 0. The van der Waals surface area contributed by atoms with Crippen molar-refractivity contribution in [2.45, 2.75) is 46.4 Å². The molecule has 0 saturated heterocycles. The molecule has 92 valence electrons. The summed E-state index contributed by atoms with van der Waals surface area (Å²) in [5, 5.41) is 0. The standard InChI is InChI=1S/C10H13NS.2C2H6/c1-3-11-9-7-5-6-8-10(9)12-4-2;2*1-2/h3,5-8H,4H2,1-2H3;2*1-2H3. The molecule has 1 nitrogen and oxygen atoms in total. The fourth-order valence-electron chi connectivity index (χ4n) is 0.980. The topological polar surface area (TPSA) is 12.4 Å². The van der Waals surface area contributed by atoms with Crippen molar-refractivity contribution in [2.75, 3.05) is 5.75 Å². The molecule has 1 rings (SSSR count). The Bertz CT molecular complexity index is 269. The lowest BCUT2D eigenvalue weighted by Crippen LogP contribution is -1.74. The van der Waals surface area contributed by atoms with Crippen molar-refractivity contribution in [3.63, 3.8) is 0 Å². The van der Waals surface area contributed by atoms with Crippen LogP contribution in [0.15, 0.2) is 34.2 Å². The molecular formula is C14H25NS. The Kier molecular flexibility index (Phi) is 15.7. The van der Waals surface area contributed by atoms with Gasteiger partial charge in [0.05, 0.1) is 5.69 Å². The Hall–Kier alpha value is -0.760. The molecule has 2 heteroatoms. The molecule has 0 bridgehead atoms. The maximum Gasteiger partial charge on any atom is 0.0761 e. The van der Waals surface area contributed by atoms with E-state index in [1.165, 1.54) is 4.90 Å². The van der Waals surface area contributed by atoms with Gasteiger partial charge < -0.3 is 0 Å². The largest absolute Gasteiger partial charge is 0.260 e. The zero-order chi connectivity index (χ0) is 12.8. The lowest BCUT2D eigenvalue weighted by Gasteiger charge is -2.01. The average Bonchev–Trinajstić information content (AvgIpc) is 2.37. The van der Waals surface area contributed by atoms with Crippen LogP contribution in [0, 0.1) is 0 Å². The summed E-state index contributed by atoms with van der Waals surface area (Å²) in [5.41, 5.74) is 1.08. The van der Waals surface area contributed by atoms with Crippen LogP contribution in [0.3, 0.4) is 0 Å². The highest BCUT2D eigenvalue weighted by Gasteiger charge is 1.96. The van der Waals surface area contributed by atoms with Crippen molar-refractivity contribution in [3.05, 3.63) is 24.3 Å². The highest BCUT2D eigenvalue weighted by atomic mass is 32.2. The van der Waals surface area contributed by atoms with Gasteiger partial charge in [0.15, 0.2) is 0 Å². The van der Waals surface area contributed by atoms with Crippen LogP contribution in [-0.2, 0) is 0 Å². The van der Waals surface area contributed by atoms with Crippen molar-refractivity contribution in [2.24, 2.45) is 4.99 Å². The second-order valence-electron chi connectivity index (χ2n) is 2.29. The fourth-order valence-corrected chi connectivity index (χ4v) is 1.73. The van der Waals surface area contributed by atoms with E-state index < -0.39 is 0 Å². The highest BCUT2D eigenvalue weighted by molar-refractivity contribution is 7.99. The monoisotopic (exact) mass is 239 g/mol. The Morgan fingerprint density at radius 2 is 1.69 bits per heavy atom. The molecular weight excluding hydrogens is 214 g/mol. The molecule has 0 atom stereocenters. The second kappa shape index (κ2) is 14.2. The fraction of sp³-hybridized carbons (Fsp3) is 0.500.